The standard InChI is InChI=1S/C11H21N5/c1-4-5-6-7-16(3)11-8-10(15-12)13-9(2)14-11/h8H,4-7,12H2,1-3H3,(H,13,14,15). The van der Waals surface area contributed by atoms with Gasteiger partial charge in [-0.15, -0.1) is 0 Å². The van der Waals surface area contributed by atoms with Crippen LogP contribution in [0.5, 0.6) is 0 Å². The third-order valence-corrected chi connectivity index (χ3v) is 2.46. The van der Waals surface area contributed by atoms with Gasteiger partial charge in [0.15, 0.2) is 0 Å². The summed E-state index contributed by atoms with van der Waals surface area (Å²) in [6, 6.07) is 1.86. The van der Waals surface area contributed by atoms with Crippen LogP contribution in [0.15, 0.2) is 6.07 Å². The molecule has 0 aliphatic rings. The van der Waals surface area contributed by atoms with Crippen molar-refractivity contribution in [1.29, 1.82) is 0 Å². The Balaban J connectivity index is 2.66. The fourth-order valence-electron chi connectivity index (χ4n) is 1.53. The minimum Gasteiger partial charge on any atom is -0.360 e. The van der Waals surface area contributed by atoms with E-state index in [1.165, 1.54) is 19.3 Å². The first-order valence-electron chi connectivity index (χ1n) is 5.70. The van der Waals surface area contributed by atoms with Crippen LogP contribution < -0.4 is 16.2 Å². The lowest BCUT2D eigenvalue weighted by Gasteiger charge is -2.18. The van der Waals surface area contributed by atoms with E-state index in [4.69, 9.17) is 5.84 Å². The zero-order valence-electron chi connectivity index (χ0n) is 10.3. The summed E-state index contributed by atoms with van der Waals surface area (Å²) >= 11 is 0. The minimum absolute atomic E-state index is 0.657. The maximum atomic E-state index is 5.35. The van der Waals surface area contributed by atoms with Crippen molar-refractivity contribution in [2.24, 2.45) is 5.84 Å². The zero-order chi connectivity index (χ0) is 12.0. The lowest BCUT2D eigenvalue weighted by Crippen LogP contribution is -2.21. The van der Waals surface area contributed by atoms with Crippen molar-refractivity contribution >= 4 is 11.6 Å². The predicted molar refractivity (Wildman–Crippen MR) is 67.4 cm³/mol. The number of hydrogen-bond donors (Lipinski definition) is 2. The molecule has 0 atom stereocenters. The number of aromatic nitrogens is 2. The highest BCUT2D eigenvalue weighted by molar-refractivity contribution is 5.48. The van der Waals surface area contributed by atoms with Gasteiger partial charge >= 0.3 is 0 Å². The first-order chi connectivity index (χ1) is 7.67. The van der Waals surface area contributed by atoms with E-state index < -0.39 is 0 Å². The maximum Gasteiger partial charge on any atom is 0.145 e. The Hall–Kier alpha value is -1.36. The van der Waals surface area contributed by atoms with E-state index in [2.05, 4.69) is 27.2 Å². The van der Waals surface area contributed by atoms with Gasteiger partial charge in [0.2, 0.25) is 0 Å². The van der Waals surface area contributed by atoms with E-state index in [1.807, 2.05) is 20.0 Å². The minimum atomic E-state index is 0.657. The fourth-order valence-corrected chi connectivity index (χ4v) is 1.53. The van der Waals surface area contributed by atoms with Gasteiger partial charge in [0.25, 0.3) is 0 Å². The first kappa shape index (κ1) is 12.7. The van der Waals surface area contributed by atoms with Crippen LogP contribution in [-0.4, -0.2) is 23.6 Å². The second-order valence-corrected chi connectivity index (χ2v) is 3.93. The van der Waals surface area contributed by atoms with E-state index in [-0.39, 0.29) is 0 Å². The van der Waals surface area contributed by atoms with Gasteiger partial charge in [0.05, 0.1) is 0 Å². The van der Waals surface area contributed by atoms with Crippen LogP contribution in [-0.2, 0) is 0 Å². The lowest BCUT2D eigenvalue weighted by molar-refractivity contribution is 0.700. The molecule has 0 fully saturated rings. The van der Waals surface area contributed by atoms with Gasteiger partial charge in [0, 0.05) is 19.7 Å². The molecule has 0 aliphatic heterocycles. The first-order valence-corrected chi connectivity index (χ1v) is 5.70. The van der Waals surface area contributed by atoms with Crippen molar-refractivity contribution in [1.82, 2.24) is 9.97 Å². The smallest absolute Gasteiger partial charge is 0.145 e. The molecule has 0 aromatic carbocycles. The second kappa shape index (κ2) is 6.27. The summed E-state index contributed by atoms with van der Waals surface area (Å²) in [6.45, 7) is 5.07. The van der Waals surface area contributed by atoms with Gasteiger partial charge in [-0.25, -0.2) is 15.8 Å². The van der Waals surface area contributed by atoms with E-state index in [9.17, 15) is 0 Å². The van der Waals surface area contributed by atoms with Crippen LogP contribution in [0.3, 0.4) is 0 Å². The Kier molecular flexibility index (Phi) is 4.98. The molecular weight excluding hydrogens is 202 g/mol. The summed E-state index contributed by atoms with van der Waals surface area (Å²) in [5.41, 5.74) is 2.55. The number of rotatable bonds is 6. The SMILES string of the molecule is CCCCCN(C)c1cc(NN)nc(C)n1. The quantitative estimate of drug-likeness (QED) is 0.436. The molecule has 0 spiro atoms. The number of hydrogen-bond acceptors (Lipinski definition) is 5. The number of aryl methyl sites for hydroxylation is 1. The number of unbranched alkanes of at least 4 members (excludes halogenated alkanes) is 2. The van der Waals surface area contributed by atoms with Crippen LogP contribution in [0.2, 0.25) is 0 Å². The van der Waals surface area contributed by atoms with Crippen molar-refractivity contribution < 1.29 is 0 Å². The van der Waals surface area contributed by atoms with Gasteiger partial charge in [-0.1, -0.05) is 19.8 Å². The van der Waals surface area contributed by atoms with E-state index in [0.717, 1.165) is 18.2 Å². The summed E-state index contributed by atoms with van der Waals surface area (Å²) in [6.07, 6.45) is 3.66. The largest absolute Gasteiger partial charge is 0.360 e. The molecule has 90 valence electrons. The van der Waals surface area contributed by atoms with Crippen LogP contribution in [0.1, 0.15) is 32.0 Å². The number of nitrogen functional groups attached to an aromatic ring is 1. The van der Waals surface area contributed by atoms with Crippen LogP contribution >= 0.6 is 0 Å². The van der Waals surface area contributed by atoms with E-state index in [1.54, 1.807) is 0 Å². The van der Waals surface area contributed by atoms with Crippen molar-refractivity contribution in [2.75, 3.05) is 23.9 Å². The van der Waals surface area contributed by atoms with Gasteiger partial charge in [-0.2, -0.15) is 0 Å². The van der Waals surface area contributed by atoms with Crippen LogP contribution in [0.25, 0.3) is 0 Å². The summed E-state index contributed by atoms with van der Waals surface area (Å²) in [4.78, 5) is 10.7. The van der Waals surface area contributed by atoms with Gasteiger partial charge in [-0.05, 0) is 13.3 Å². The van der Waals surface area contributed by atoms with Gasteiger partial charge in [0.1, 0.15) is 17.5 Å². The summed E-state index contributed by atoms with van der Waals surface area (Å²) in [5, 5.41) is 0. The zero-order valence-corrected chi connectivity index (χ0v) is 10.3. The van der Waals surface area contributed by atoms with E-state index >= 15 is 0 Å². The number of anilines is 2. The molecule has 1 heterocycles. The number of nitrogens with two attached hydrogens (primary N) is 1. The average molecular weight is 223 g/mol. The van der Waals surface area contributed by atoms with Crippen molar-refractivity contribution in [3.8, 4) is 0 Å². The molecule has 1 rings (SSSR count). The van der Waals surface area contributed by atoms with Gasteiger partial charge in [-0.3, -0.25) is 0 Å². The Morgan fingerprint density at radius 2 is 2.12 bits per heavy atom. The molecule has 0 radical (unpaired) electrons. The predicted octanol–water partition coefficient (Wildman–Crippen LogP) is 1.70. The number of nitrogens with one attached hydrogen (secondary N) is 1. The molecule has 0 unspecified atom stereocenters. The monoisotopic (exact) mass is 223 g/mol. The van der Waals surface area contributed by atoms with E-state index in [0.29, 0.717) is 5.82 Å². The molecule has 1 aromatic rings. The highest BCUT2D eigenvalue weighted by Gasteiger charge is 2.05. The molecule has 0 saturated heterocycles. The van der Waals surface area contributed by atoms with Crippen molar-refractivity contribution in [3.05, 3.63) is 11.9 Å². The average Bonchev–Trinajstić information content (AvgIpc) is 2.28. The molecule has 0 aliphatic carbocycles. The second-order valence-electron chi connectivity index (χ2n) is 3.93. The summed E-state index contributed by atoms with van der Waals surface area (Å²) < 4.78 is 0. The third kappa shape index (κ3) is 3.66. The molecule has 5 nitrogen and oxygen atoms in total. The topological polar surface area (TPSA) is 67.1 Å². The number of hydrazine groups is 1. The van der Waals surface area contributed by atoms with Crippen LogP contribution in [0, 0.1) is 6.92 Å². The fraction of sp³-hybridized carbons (Fsp3) is 0.636. The molecule has 5 heteroatoms. The normalized spacial score (nSPS) is 10.2. The Morgan fingerprint density at radius 1 is 1.38 bits per heavy atom. The van der Waals surface area contributed by atoms with Crippen LogP contribution in [0.4, 0.5) is 11.6 Å². The number of nitrogens with zero attached hydrogens (tertiary/aromatic N) is 3. The van der Waals surface area contributed by atoms with Crippen molar-refractivity contribution in [3.63, 3.8) is 0 Å². The lowest BCUT2D eigenvalue weighted by atomic mass is 10.2. The van der Waals surface area contributed by atoms with Gasteiger partial charge < -0.3 is 10.3 Å². The molecule has 3 N–H and O–H groups in total. The summed E-state index contributed by atoms with van der Waals surface area (Å²) in [7, 11) is 2.04. The third-order valence-electron chi connectivity index (χ3n) is 2.46. The molecule has 1 aromatic heterocycles. The molecule has 16 heavy (non-hydrogen) atoms. The Bertz CT molecular complexity index is 326. The Morgan fingerprint density at radius 3 is 2.75 bits per heavy atom. The maximum absolute atomic E-state index is 5.35. The highest BCUT2D eigenvalue weighted by Crippen LogP contribution is 2.14. The molecular formula is C11H21N5. The summed E-state index contributed by atoms with van der Waals surface area (Å²) in [5.74, 6) is 7.65. The molecule has 0 bridgehead atoms. The Labute approximate surface area is 97.0 Å². The van der Waals surface area contributed by atoms with Crippen molar-refractivity contribution in [2.45, 2.75) is 33.1 Å². The molecule has 0 saturated carbocycles. The highest BCUT2D eigenvalue weighted by atomic mass is 15.3. The molecule has 0 amide bonds.